The zero-order chi connectivity index (χ0) is 20.4. The third kappa shape index (κ3) is 3.78. The second kappa shape index (κ2) is 8.35. The number of carbonyl (C=O) groups excluding carboxylic acids is 1. The lowest BCUT2D eigenvalue weighted by Gasteiger charge is -2.16. The minimum atomic E-state index is -0.0586. The first-order valence-corrected chi connectivity index (χ1v) is 10.7. The minimum absolute atomic E-state index is 0.0307. The Bertz CT molecular complexity index is 1080. The van der Waals surface area contributed by atoms with Crippen LogP contribution in [0.5, 0.6) is 0 Å². The average molecular weight is 398 g/mol. The molecule has 3 rings (SSSR count). The number of para-hydroxylation sites is 1. The maximum absolute atomic E-state index is 12.9. The third-order valence-electron chi connectivity index (χ3n) is 4.95. The molecule has 0 fully saturated rings. The van der Waals surface area contributed by atoms with E-state index in [1.807, 2.05) is 52.0 Å². The van der Waals surface area contributed by atoms with Crippen LogP contribution in [0.2, 0.25) is 0 Å². The SMILES string of the molecule is CCCn1c(C)cc(C(=O)CSc2nc3ccccc3c(=O)n2C(C)C)c1C. The van der Waals surface area contributed by atoms with Crippen molar-refractivity contribution in [1.82, 2.24) is 14.1 Å². The van der Waals surface area contributed by atoms with E-state index in [4.69, 9.17) is 0 Å². The van der Waals surface area contributed by atoms with Crippen LogP contribution in [0.15, 0.2) is 40.3 Å². The molecule has 0 saturated carbocycles. The van der Waals surface area contributed by atoms with Crippen LogP contribution in [0.1, 0.15) is 55.0 Å². The Hall–Kier alpha value is -2.34. The van der Waals surface area contributed by atoms with Gasteiger partial charge in [0.1, 0.15) is 0 Å². The molecule has 0 aliphatic carbocycles. The molecular formula is C22H27N3O2S. The van der Waals surface area contributed by atoms with Crippen molar-refractivity contribution in [1.29, 1.82) is 0 Å². The van der Waals surface area contributed by atoms with Gasteiger partial charge in [-0.2, -0.15) is 0 Å². The number of nitrogens with zero attached hydrogens (tertiary/aromatic N) is 3. The number of fused-ring (bicyclic) bond motifs is 1. The number of Topliss-reactive ketones (excluding diaryl/α,β-unsaturated/α-hetero) is 1. The second-order valence-electron chi connectivity index (χ2n) is 7.33. The molecule has 28 heavy (non-hydrogen) atoms. The van der Waals surface area contributed by atoms with Crippen LogP contribution >= 0.6 is 11.8 Å². The van der Waals surface area contributed by atoms with E-state index in [-0.39, 0.29) is 23.1 Å². The first-order valence-electron chi connectivity index (χ1n) is 9.69. The van der Waals surface area contributed by atoms with Crippen LogP contribution in [0, 0.1) is 13.8 Å². The van der Waals surface area contributed by atoms with Gasteiger partial charge in [0.15, 0.2) is 10.9 Å². The molecule has 0 spiro atoms. The summed E-state index contributed by atoms with van der Waals surface area (Å²) in [5, 5.41) is 1.20. The van der Waals surface area contributed by atoms with E-state index in [9.17, 15) is 9.59 Å². The van der Waals surface area contributed by atoms with Crippen molar-refractivity contribution in [3.63, 3.8) is 0 Å². The maximum Gasteiger partial charge on any atom is 0.262 e. The molecule has 0 amide bonds. The Labute approximate surface area is 169 Å². The minimum Gasteiger partial charge on any atom is -0.348 e. The summed E-state index contributed by atoms with van der Waals surface area (Å²) >= 11 is 1.34. The first kappa shape index (κ1) is 20.4. The van der Waals surface area contributed by atoms with E-state index < -0.39 is 0 Å². The fourth-order valence-electron chi connectivity index (χ4n) is 3.54. The predicted molar refractivity (Wildman–Crippen MR) is 116 cm³/mol. The van der Waals surface area contributed by atoms with E-state index in [2.05, 4.69) is 16.5 Å². The molecule has 0 atom stereocenters. The fourth-order valence-corrected chi connectivity index (χ4v) is 4.55. The van der Waals surface area contributed by atoms with Crippen molar-refractivity contribution in [2.24, 2.45) is 0 Å². The predicted octanol–water partition coefficient (Wildman–Crippen LogP) is 4.78. The van der Waals surface area contributed by atoms with Crippen molar-refractivity contribution in [3.05, 3.63) is 57.6 Å². The normalized spacial score (nSPS) is 11.5. The van der Waals surface area contributed by atoms with Gasteiger partial charge in [-0.05, 0) is 52.3 Å². The average Bonchev–Trinajstić information content (AvgIpc) is 2.94. The third-order valence-corrected chi connectivity index (χ3v) is 5.90. The summed E-state index contributed by atoms with van der Waals surface area (Å²) in [5.41, 5.74) is 3.49. The van der Waals surface area contributed by atoms with E-state index in [0.29, 0.717) is 16.1 Å². The molecule has 0 unspecified atom stereocenters. The molecular weight excluding hydrogens is 370 g/mol. The van der Waals surface area contributed by atoms with Crippen molar-refractivity contribution >= 4 is 28.4 Å². The topological polar surface area (TPSA) is 56.9 Å². The number of aryl methyl sites for hydroxylation is 1. The van der Waals surface area contributed by atoms with Gasteiger partial charge in [-0.15, -0.1) is 0 Å². The Morgan fingerprint density at radius 1 is 1.21 bits per heavy atom. The van der Waals surface area contributed by atoms with Gasteiger partial charge in [0, 0.05) is 29.5 Å². The van der Waals surface area contributed by atoms with Crippen LogP contribution in [-0.4, -0.2) is 25.7 Å². The number of thioether (sulfide) groups is 1. The lowest BCUT2D eigenvalue weighted by Crippen LogP contribution is -2.25. The van der Waals surface area contributed by atoms with Crippen LogP contribution in [0.25, 0.3) is 10.9 Å². The molecule has 0 saturated heterocycles. The molecule has 3 aromatic rings. The lowest BCUT2D eigenvalue weighted by atomic mass is 10.2. The van der Waals surface area contributed by atoms with Gasteiger partial charge in [0.2, 0.25) is 0 Å². The van der Waals surface area contributed by atoms with Crippen LogP contribution in [-0.2, 0) is 6.54 Å². The molecule has 0 radical (unpaired) electrons. The summed E-state index contributed by atoms with van der Waals surface area (Å²) < 4.78 is 3.87. The van der Waals surface area contributed by atoms with E-state index in [0.717, 1.165) is 29.9 Å². The van der Waals surface area contributed by atoms with Gasteiger partial charge in [-0.3, -0.25) is 14.2 Å². The fraction of sp³-hybridized carbons (Fsp3) is 0.409. The van der Waals surface area contributed by atoms with Crippen LogP contribution in [0.3, 0.4) is 0 Å². The summed E-state index contributed by atoms with van der Waals surface area (Å²) in [6.45, 7) is 11.0. The Morgan fingerprint density at radius 2 is 1.93 bits per heavy atom. The van der Waals surface area contributed by atoms with E-state index in [1.54, 1.807) is 10.6 Å². The first-order chi connectivity index (χ1) is 13.3. The van der Waals surface area contributed by atoms with Gasteiger partial charge in [0.25, 0.3) is 5.56 Å². The van der Waals surface area contributed by atoms with Gasteiger partial charge in [-0.1, -0.05) is 30.8 Å². The van der Waals surface area contributed by atoms with Gasteiger partial charge < -0.3 is 4.57 Å². The maximum atomic E-state index is 12.9. The summed E-state index contributed by atoms with van der Waals surface area (Å²) in [6.07, 6.45) is 1.03. The highest BCUT2D eigenvalue weighted by molar-refractivity contribution is 7.99. The number of benzene rings is 1. The zero-order valence-electron chi connectivity index (χ0n) is 17.2. The quantitative estimate of drug-likeness (QED) is 0.327. The highest BCUT2D eigenvalue weighted by Crippen LogP contribution is 2.24. The summed E-state index contributed by atoms with van der Waals surface area (Å²) in [7, 11) is 0. The molecule has 0 bridgehead atoms. The molecule has 1 aromatic carbocycles. The summed E-state index contributed by atoms with van der Waals surface area (Å²) in [4.78, 5) is 30.5. The summed E-state index contributed by atoms with van der Waals surface area (Å²) in [5.74, 6) is 0.326. The van der Waals surface area contributed by atoms with Crippen LogP contribution in [0.4, 0.5) is 0 Å². The molecule has 0 N–H and O–H groups in total. The molecule has 5 nitrogen and oxygen atoms in total. The van der Waals surface area contributed by atoms with Gasteiger partial charge in [-0.25, -0.2) is 4.98 Å². The molecule has 0 aliphatic rings. The van der Waals surface area contributed by atoms with Crippen molar-refractivity contribution in [2.45, 2.75) is 58.8 Å². The van der Waals surface area contributed by atoms with E-state index in [1.165, 1.54) is 11.8 Å². The Morgan fingerprint density at radius 3 is 2.61 bits per heavy atom. The van der Waals surface area contributed by atoms with Gasteiger partial charge >= 0.3 is 0 Å². The Balaban J connectivity index is 1.91. The Kier molecular flexibility index (Phi) is 6.08. The largest absolute Gasteiger partial charge is 0.348 e. The standard InChI is InChI=1S/C22H27N3O2S/c1-6-11-24-15(4)12-18(16(24)5)20(26)13-28-22-23-19-10-8-7-9-17(19)21(27)25(22)14(2)3/h7-10,12,14H,6,11,13H2,1-5H3. The number of carbonyl (C=O) groups is 1. The number of rotatable bonds is 7. The van der Waals surface area contributed by atoms with Gasteiger partial charge in [0.05, 0.1) is 16.7 Å². The van der Waals surface area contributed by atoms with Crippen LogP contribution < -0.4 is 5.56 Å². The van der Waals surface area contributed by atoms with Crippen molar-refractivity contribution < 1.29 is 4.79 Å². The molecule has 148 valence electrons. The number of hydrogen-bond acceptors (Lipinski definition) is 4. The summed E-state index contributed by atoms with van der Waals surface area (Å²) in [6, 6.07) is 9.29. The number of ketones is 1. The smallest absolute Gasteiger partial charge is 0.262 e. The number of aromatic nitrogens is 3. The molecule has 2 heterocycles. The highest BCUT2D eigenvalue weighted by Gasteiger charge is 2.19. The molecule has 2 aromatic heterocycles. The van der Waals surface area contributed by atoms with Crippen molar-refractivity contribution in [3.8, 4) is 0 Å². The second-order valence-corrected chi connectivity index (χ2v) is 8.27. The van der Waals surface area contributed by atoms with Crippen molar-refractivity contribution in [2.75, 3.05) is 5.75 Å². The monoisotopic (exact) mass is 397 g/mol. The molecule has 0 aliphatic heterocycles. The van der Waals surface area contributed by atoms with E-state index >= 15 is 0 Å². The number of hydrogen-bond donors (Lipinski definition) is 0. The molecule has 6 heteroatoms. The highest BCUT2D eigenvalue weighted by atomic mass is 32.2. The lowest BCUT2D eigenvalue weighted by molar-refractivity contribution is 0.102. The zero-order valence-corrected chi connectivity index (χ0v) is 18.0.